The van der Waals surface area contributed by atoms with Gasteiger partial charge in [-0.3, -0.25) is 4.79 Å². The van der Waals surface area contributed by atoms with Crippen LogP contribution < -0.4 is 10.5 Å². The monoisotopic (exact) mass is 458 g/mol. The molecule has 0 saturated heterocycles. The first kappa shape index (κ1) is 23.0. The van der Waals surface area contributed by atoms with Crippen molar-refractivity contribution in [3.63, 3.8) is 0 Å². The molecule has 1 heterocycles. The predicted octanol–water partition coefficient (Wildman–Crippen LogP) is 5.61. The zero-order chi connectivity index (χ0) is 23.0. The summed E-state index contributed by atoms with van der Waals surface area (Å²) >= 11 is 1.69. The minimum absolute atomic E-state index is 0.108. The van der Waals surface area contributed by atoms with Crippen molar-refractivity contribution >= 4 is 28.0 Å². The number of fused-ring (bicyclic) bond motifs is 1. The van der Waals surface area contributed by atoms with Crippen molar-refractivity contribution in [3.8, 4) is 5.75 Å². The van der Waals surface area contributed by atoms with Gasteiger partial charge in [0.15, 0.2) is 0 Å². The number of carbonyl (C=O) groups is 1. The Kier molecular flexibility index (Phi) is 7.76. The SMILES string of the molecule is CN(CC[C@H](Oc1cccc2ccccc12)c1cccs1)C(=O)Cc1ccc(CCN)cc1. The molecule has 4 aromatic rings. The lowest BCUT2D eigenvalue weighted by atomic mass is 10.1. The number of carbonyl (C=O) groups excluding carboxylic acids is 1. The normalized spacial score (nSPS) is 11.9. The molecular weight excluding hydrogens is 428 g/mol. The van der Waals surface area contributed by atoms with Gasteiger partial charge in [0.1, 0.15) is 11.9 Å². The van der Waals surface area contributed by atoms with Crippen LogP contribution in [0.15, 0.2) is 84.2 Å². The molecule has 2 N–H and O–H groups in total. The van der Waals surface area contributed by atoms with Crippen LogP contribution in [0.2, 0.25) is 0 Å². The predicted molar refractivity (Wildman–Crippen MR) is 137 cm³/mol. The number of rotatable bonds is 10. The zero-order valence-electron chi connectivity index (χ0n) is 18.9. The van der Waals surface area contributed by atoms with Crippen LogP contribution in [0.3, 0.4) is 0 Å². The van der Waals surface area contributed by atoms with E-state index >= 15 is 0 Å². The Morgan fingerprint density at radius 1 is 0.970 bits per heavy atom. The number of hydrogen-bond donors (Lipinski definition) is 1. The quantitative estimate of drug-likeness (QED) is 0.336. The van der Waals surface area contributed by atoms with E-state index in [2.05, 4.69) is 41.8 Å². The Morgan fingerprint density at radius 2 is 1.73 bits per heavy atom. The number of benzene rings is 3. The van der Waals surface area contributed by atoms with Crippen LogP contribution in [-0.4, -0.2) is 30.9 Å². The lowest BCUT2D eigenvalue weighted by Crippen LogP contribution is -2.30. The van der Waals surface area contributed by atoms with Gasteiger partial charge < -0.3 is 15.4 Å². The molecule has 4 nitrogen and oxygen atoms in total. The van der Waals surface area contributed by atoms with E-state index in [1.807, 2.05) is 49.5 Å². The van der Waals surface area contributed by atoms with Gasteiger partial charge >= 0.3 is 0 Å². The number of nitrogens with two attached hydrogens (primary N) is 1. The van der Waals surface area contributed by atoms with Gasteiger partial charge in [0.05, 0.1) is 6.42 Å². The largest absolute Gasteiger partial charge is 0.484 e. The van der Waals surface area contributed by atoms with Gasteiger partial charge in [0.2, 0.25) is 5.91 Å². The molecule has 0 fully saturated rings. The highest BCUT2D eigenvalue weighted by atomic mass is 32.1. The first-order valence-electron chi connectivity index (χ1n) is 11.3. The second-order valence-corrected chi connectivity index (χ2v) is 9.21. The van der Waals surface area contributed by atoms with Gasteiger partial charge in [-0.25, -0.2) is 0 Å². The summed E-state index contributed by atoms with van der Waals surface area (Å²) in [5.74, 6) is 0.981. The highest BCUT2D eigenvalue weighted by Gasteiger charge is 2.19. The fraction of sp³-hybridized carbons (Fsp3) is 0.250. The van der Waals surface area contributed by atoms with Crippen molar-refractivity contribution in [2.45, 2.75) is 25.4 Å². The second-order valence-electron chi connectivity index (χ2n) is 8.24. The fourth-order valence-corrected chi connectivity index (χ4v) is 4.71. The van der Waals surface area contributed by atoms with Crippen molar-refractivity contribution in [2.24, 2.45) is 5.73 Å². The summed E-state index contributed by atoms with van der Waals surface area (Å²) in [7, 11) is 1.87. The van der Waals surface area contributed by atoms with Crippen LogP contribution in [0.4, 0.5) is 0 Å². The molecule has 0 aliphatic rings. The number of ether oxygens (including phenoxy) is 1. The van der Waals surface area contributed by atoms with Crippen LogP contribution in [0.5, 0.6) is 5.75 Å². The van der Waals surface area contributed by atoms with E-state index in [-0.39, 0.29) is 12.0 Å². The maximum atomic E-state index is 12.8. The summed E-state index contributed by atoms with van der Waals surface area (Å²) in [5, 5.41) is 4.33. The number of nitrogens with zero attached hydrogens (tertiary/aromatic N) is 1. The molecular formula is C28H30N2O2S. The average Bonchev–Trinajstić information content (AvgIpc) is 3.38. The number of hydrogen-bond acceptors (Lipinski definition) is 4. The third kappa shape index (κ3) is 6.01. The molecule has 0 spiro atoms. The third-order valence-corrected chi connectivity index (χ3v) is 6.81. The molecule has 0 bridgehead atoms. The molecule has 5 heteroatoms. The van der Waals surface area contributed by atoms with Crippen LogP contribution in [-0.2, 0) is 17.6 Å². The summed E-state index contributed by atoms with van der Waals surface area (Å²) in [6, 6.07) is 26.7. The number of thiophene rings is 1. The van der Waals surface area contributed by atoms with Crippen molar-refractivity contribution in [3.05, 3.63) is 100 Å². The summed E-state index contributed by atoms with van der Waals surface area (Å²) < 4.78 is 6.52. The molecule has 4 rings (SSSR count). The molecule has 170 valence electrons. The van der Waals surface area contributed by atoms with Crippen LogP contribution >= 0.6 is 11.3 Å². The summed E-state index contributed by atoms with van der Waals surface area (Å²) in [6.45, 7) is 1.25. The lowest BCUT2D eigenvalue weighted by Gasteiger charge is -2.23. The maximum absolute atomic E-state index is 12.8. The molecule has 0 saturated carbocycles. The van der Waals surface area contributed by atoms with E-state index in [1.165, 1.54) is 10.4 Å². The molecule has 1 atom stereocenters. The first-order valence-corrected chi connectivity index (χ1v) is 12.2. The van der Waals surface area contributed by atoms with Crippen LogP contribution in [0.1, 0.15) is 28.5 Å². The second kappa shape index (κ2) is 11.1. The Morgan fingerprint density at radius 3 is 2.48 bits per heavy atom. The van der Waals surface area contributed by atoms with Gasteiger partial charge in [0.25, 0.3) is 0 Å². The fourth-order valence-electron chi connectivity index (χ4n) is 3.92. The van der Waals surface area contributed by atoms with Crippen molar-refractivity contribution in [2.75, 3.05) is 20.1 Å². The minimum Gasteiger partial charge on any atom is -0.484 e. The number of amides is 1. The standard InChI is InChI=1S/C28H30N2O2S/c1-30(28(31)20-22-13-11-21(12-14-22)15-17-29)18-16-26(27-10-5-19-33-27)32-25-9-4-7-23-6-2-3-8-24(23)25/h2-14,19,26H,15-18,20,29H2,1H3/t26-/m0/s1. The molecule has 0 unspecified atom stereocenters. The highest BCUT2D eigenvalue weighted by molar-refractivity contribution is 7.10. The van der Waals surface area contributed by atoms with Gasteiger partial charge in [0, 0.05) is 30.3 Å². The van der Waals surface area contributed by atoms with E-state index in [0.717, 1.165) is 34.9 Å². The molecule has 0 aliphatic heterocycles. The van der Waals surface area contributed by atoms with E-state index in [4.69, 9.17) is 10.5 Å². The topological polar surface area (TPSA) is 55.6 Å². The first-order chi connectivity index (χ1) is 16.1. The highest BCUT2D eigenvalue weighted by Crippen LogP contribution is 2.33. The van der Waals surface area contributed by atoms with Gasteiger partial charge in [-0.1, -0.05) is 66.7 Å². The average molecular weight is 459 g/mol. The smallest absolute Gasteiger partial charge is 0.226 e. The Balaban J connectivity index is 1.41. The minimum atomic E-state index is -0.110. The number of likely N-dealkylation sites (N-methyl/N-ethyl adjacent to an activating group) is 1. The van der Waals surface area contributed by atoms with E-state index < -0.39 is 0 Å². The Hall–Kier alpha value is -3.15. The zero-order valence-corrected chi connectivity index (χ0v) is 19.8. The summed E-state index contributed by atoms with van der Waals surface area (Å²) in [6.07, 6.45) is 1.87. The molecule has 3 aromatic carbocycles. The van der Waals surface area contributed by atoms with Gasteiger partial charge in [-0.2, -0.15) is 0 Å². The molecule has 1 amide bonds. The van der Waals surface area contributed by atoms with Crippen molar-refractivity contribution in [1.29, 1.82) is 0 Å². The third-order valence-electron chi connectivity index (χ3n) is 5.84. The summed E-state index contributed by atoms with van der Waals surface area (Å²) in [4.78, 5) is 15.8. The molecule has 0 radical (unpaired) electrons. The van der Waals surface area contributed by atoms with Gasteiger partial charge in [-0.15, -0.1) is 11.3 Å². The van der Waals surface area contributed by atoms with Crippen LogP contribution in [0.25, 0.3) is 10.8 Å². The molecule has 0 aliphatic carbocycles. The van der Waals surface area contributed by atoms with E-state index in [0.29, 0.717) is 19.5 Å². The Bertz CT molecular complexity index is 1170. The van der Waals surface area contributed by atoms with E-state index in [9.17, 15) is 4.79 Å². The van der Waals surface area contributed by atoms with E-state index in [1.54, 1.807) is 16.2 Å². The maximum Gasteiger partial charge on any atom is 0.226 e. The van der Waals surface area contributed by atoms with Crippen LogP contribution in [0, 0.1) is 0 Å². The van der Waals surface area contributed by atoms with Gasteiger partial charge in [-0.05, 0) is 47.0 Å². The molecule has 1 aromatic heterocycles. The van der Waals surface area contributed by atoms with Crippen molar-refractivity contribution in [1.82, 2.24) is 4.90 Å². The summed E-state index contributed by atoms with van der Waals surface area (Å²) in [5.41, 5.74) is 7.84. The van der Waals surface area contributed by atoms with Crippen molar-refractivity contribution < 1.29 is 9.53 Å². The molecule has 33 heavy (non-hydrogen) atoms. The lowest BCUT2D eigenvalue weighted by molar-refractivity contribution is -0.129. The Labute approximate surface area is 199 Å².